The van der Waals surface area contributed by atoms with Gasteiger partial charge in [-0.05, 0) is 67.6 Å². The van der Waals surface area contributed by atoms with E-state index in [4.69, 9.17) is 0 Å². The lowest BCUT2D eigenvalue weighted by atomic mass is 10.1. The van der Waals surface area contributed by atoms with Gasteiger partial charge in [-0.3, -0.25) is 4.79 Å². The molecule has 4 nitrogen and oxygen atoms in total. The number of amides is 1. The van der Waals surface area contributed by atoms with E-state index in [9.17, 15) is 10.1 Å². The van der Waals surface area contributed by atoms with Crippen LogP contribution in [0.2, 0.25) is 0 Å². The number of rotatable bonds is 4. The Balaban J connectivity index is 1.73. The summed E-state index contributed by atoms with van der Waals surface area (Å²) in [5.74, 6) is -0.414. The van der Waals surface area contributed by atoms with E-state index in [-0.39, 0.29) is 5.57 Å². The number of aromatic nitrogens is 1. The van der Waals surface area contributed by atoms with Gasteiger partial charge in [0.2, 0.25) is 0 Å². The van der Waals surface area contributed by atoms with Crippen molar-refractivity contribution in [2.75, 3.05) is 5.32 Å². The standard InChI is InChI=1S/C27H23N3O/c1-18-8-6-11-24(14-18)29-27(31)23(17-28)16-22-15-19(2)30(20(22)3)26-13-7-10-21-9-4-5-12-25(21)26/h4-16H,1-3H3,(H,29,31)/b23-16-. The molecule has 3 aromatic carbocycles. The summed E-state index contributed by atoms with van der Waals surface area (Å²) in [7, 11) is 0. The van der Waals surface area contributed by atoms with Crippen LogP contribution in [-0.4, -0.2) is 10.5 Å². The van der Waals surface area contributed by atoms with Gasteiger partial charge in [-0.25, -0.2) is 0 Å². The van der Waals surface area contributed by atoms with Crippen LogP contribution in [0.4, 0.5) is 5.69 Å². The van der Waals surface area contributed by atoms with Gasteiger partial charge in [-0.15, -0.1) is 0 Å². The summed E-state index contributed by atoms with van der Waals surface area (Å²) in [5.41, 5.74) is 5.73. The highest BCUT2D eigenvalue weighted by Gasteiger charge is 2.15. The van der Waals surface area contributed by atoms with E-state index in [1.54, 1.807) is 6.08 Å². The fraction of sp³-hybridized carbons (Fsp3) is 0.111. The van der Waals surface area contributed by atoms with E-state index < -0.39 is 5.91 Å². The molecule has 0 aliphatic heterocycles. The number of nitrogens with zero attached hydrogens (tertiary/aromatic N) is 2. The van der Waals surface area contributed by atoms with Crippen LogP contribution in [0.25, 0.3) is 22.5 Å². The zero-order valence-corrected chi connectivity index (χ0v) is 17.8. The maximum absolute atomic E-state index is 12.7. The zero-order chi connectivity index (χ0) is 22.0. The monoisotopic (exact) mass is 405 g/mol. The van der Waals surface area contributed by atoms with Crippen molar-refractivity contribution >= 4 is 28.4 Å². The topological polar surface area (TPSA) is 57.8 Å². The van der Waals surface area contributed by atoms with E-state index in [0.29, 0.717) is 5.69 Å². The molecule has 0 aliphatic carbocycles. The van der Waals surface area contributed by atoms with Crippen LogP contribution in [0.1, 0.15) is 22.5 Å². The van der Waals surface area contributed by atoms with E-state index in [1.807, 2.05) is 69.3 Å². The predicted molar refractivity (Wildman–Crippen MR) is 126 cm³/mol. The van der Waals surface area contributed by atoms with Crippen molar-refractivity contribution < 1.29 is 4.79 Å². The zero-order valence-electron chi connectivity index (χ0n) is 17.8. The van der Waals surface area contributed by atoms with Crippen molar-refractivity contribution in [3.63, 3.8) is 0 Å². The van der Waals surface area contributed by atoms with Crippen molar-refractivity contribution in [1.82, 2.24) is 4.57 Å². The first kappa shape index (κ1) is 20.2. The molecule has 0 saturated carbocycles. The van der Waals surface area contributed by atoms with Crippen molar-refractivity contribution in [3.05, 3.63) is 101 Å². The molecule has 0 fully saturated rings. The average Bonchev–Trinajstić information content (AvgIpc) is 3.04. The van der Waals surface area contributed by atoms with Crippen LogP contribution in [0.5, 0.6) is 0 Å². The third kappa shape index (κ3) is 3.99. The van der Waals surface area contributed by atoms with Gasteiger partial charge in [0.15, 0.2) is 0 Å². The molecule has 1 amide bonds. The first-order valence-electron chi connectivity index (χ1n) is 10.1. The Morgan fingerprint density at radius 2 is 1.71 bits per heavy atom. The Hall–Kier alpha value is -4.10. The molecule has 4 aromatic rings. The highest BCUT2D eigenvalue weighted by molar-refractivity contribution is 6.09. The van der Waals surface area contributed by atoms with Crippen LogP contribution < -0.4 is 5.32 Å². The van der Waals surface area contributed by atoms with Gasteiger partial charge in [-0.1, -0.05) is 48.5 Å². The number of aryl methyl sites for hydroxylation is 2. The number of carbonyl (C=O) groups is 1. The van der Waals surface area contributed by atoms with Crippen LogP contribution in [0, 0.1) is 32.1 Å². The summed E-state index contributed by atoms with van der Waals surface area (Å²) in [4.78, 5) is 12.7. The summed E-state index contributed by atoms with van der Waals surface area (Å²) in [5, 5.41) is 14.8. The molecule has 0 spiro atoms. The highest BCUT2D eigenvalue weighted by atomic mass is 16.1. The van der Waals surface area contributed by atoms with Crippen LogP contribution in [0.3, 0.4) is 0 Å². The molecule has 4 heteroatoms. The fourth-order valence-corrected chi connectivity index (χ4v) is 3.93. The predicted octanol–water partition coefficient (Wildman–Crippen LogP) is 6.10. The van der Waals surface area contributed by atoms with E-state index in [0.717, 1.165) is 33.6 Å². The number of carbonyl (C=O) groups excluding carboxylic acids is 1. The number of anilines is 1. The maximum Gasteiger partial charge on any atom is 0.266 e. The summed E-state index contributed by atoms with van der Waals surface area (Å²) < 4.78 is 2.17. The Labute approximate surface area is 182 Å². The molecule has 0 atom stereocenters. The van der Waals surface area contributed by atoms with E-state index >= 15 is 0 Å². The van der Waals surface area contributed by atoms with Crippen molar-refractivity contribution in [3.8, 4) is 11.8 Å². The molecule has 0 saturated heterocycles. The molecule has 1 aromatic heterocycles. The van der Waals surface area contributed by atoms with Gasteiger partial charge in [-0.2, -0.15) is 5.26 Å². The smallest absolute Gasteiger partial charge is 0.266 e. The lowest BCUT2D eigenvalue weighted by molar-refractivity contribution is -0.112. The van der Waals surface area contributed by atoms with E-state index in [2.05, 4.69) is 40.2 Å². The summed E-state index contributed by atoms with van der Waals surface area (Å²) in [6.07, 6.45) is 1.66. The largest absolute Gasteiger partial charge is 0.321 e. The molecular formula is C27H23N3O. The van der Waals surface area contributed by atoms with E-state index in [1.165, 1.54) is 5.39 Å². The summed E-state index contributed by atoms with van der Waals surface area (Å²) in [6, 6.07) is 26.1. The third-order valence-electron chi connectivity index (χ3n) is 5.42. The van der Waals surface area contributed by atoms with Gasteiger partial charge in [0.25, 0.3) is 5.91 Å². The second-order valence-corrected chi connectivity index (χ2v) is 7.65. The molecule has 0 unspecified atom stereocenters. The maximum atomic E-state index is 12.7. The Kier molecular flexibility index (Phi) is 5.43. The molecule has 0 radical (unpaired) electrons. The second kappa shape index (κ2) is 8.33. The number of benzene rings is 3. The molecule has 0 aliphatic rings. The minimum Gasteiger partial charge on any atom is -0.321 e. The second-order valence-electron chi connectivity index (χ2n) is 7.65. The van der Waals surface area contributed by atoms with Crippen LogP contribution in [-0.2, 0) is 4.79 Å². The van der Waals surface area contributed by atoms with Crippen LogP contribution in [0.15, 0.2) is 78.4 Å². The first-order chi connectivity index (χ1) is 15.0. The summed E-state index contributed by atoms with van der Waals surface area (Å²) in [6.45, 7) is 6.00. The number of nitriles is 1. The van der Waals surface area contributed by atoms with Crippen molar-refractivity contribution in [1.29, 1.82) is 5.26 Å². The van der Waals surface area contributed by atoms with Gasteiger partial charge in [0, 0.05) is 22.5 Å². The molecule has 1 heterocycles. The SMILES string of the molecule is Cc1cccc(NC(=O)/C(C#N)=C\c2cc(C)n(-c3cccc4ccccc34)c2C)c1. The minimum atomic E-state index is -0.414. The molecule has 4 rings (SSSR count). The van der Waals surface area contributed by atoms with Crippen molar-refractivity contribution in [2.45, 2.75) is 20.8 Å². The first-order valence-corrected chi connectivity index (χ1v) is 10.1. The minimum absolute atomic E-state index is 0.0691. The van der Waals surface area contributed by atoms with Gasteiger partial charge in [0.1, 0.15) is 11.6 Å². The lowest BCUT2D eigenvalue weighted by Gasteiger charge is -2.13. The lowest BCUT2D eigenvalue weighted by Crippen LogP contribution is -2.13. The van der Waals surface area contributed by atoms with Crippen molar-refractivity contribution in [2.24, 2.45) is 0 Å². The van der Waals surface area contributed by atoms with Gasteiger partial charge in [0.05, 0.1) is 5.69 Å². The van der Waals surface area contributed by atoms with Crippen LogP contribution >= 0.6 is 0 Å². The number of hydrogen-bond acceptors (Lipinski definition) is 2. The molecular weight excluding hydrogens is 382 g/mol. The molecule has 1 N–H and O–H groups in total. The normalized spacial score (nSPS) is 11.4. The molecule has 152 valence electrons. The Morgan fingerprint density at radius 1 is 0.968 bits per heavy atom. The Bertz CT molecular complexity index is 1360. The quantitative estimate of drug-likeness (QED) is 0.329. The third-order valence-corrected chi connectivity index (χ3v) is 5.42. The number of nitrogens with one attached hydrogen (secondary N) is 1. The number of fused-ring (bicyclic) bond motifs is 1. The fourth-order valence-electron chi connectivity index (χ4n) is 3.93. The number of hydrogen-bond donors (Lipinski definition) is 1. The average molecular weight is 406 g/mol. The highest BCUT2D eigenvalue weighted by Crippen LogP contribution is 2.28. The molecule has 31 heavy (non-hydrogen) atoms. The Morgan fingerprint density at radius 3 is 2.48 bits per heavy atom. The van der Waals surface area contributed by atoms with Gasteiger partial charge >= 0.3 is 0 Å². The molecule has 0 bridgehead atoms. The van der Waals surface area contributed by atoms with Gasteiger partial charge < -0.3 is 9.88 Å². The summed E-state index contributed by atoms with van der Waals surface area (Å²) >= 11 is 0.